The van der Waals surface area contributed by atoms with E-state index < -0.39 is 35.0 Å². The number of aliphatic hydroxyl groups excluding tert-OH is 2. The summed E-state index contributed by atoms with van der Waals surface area (Å²) in [4.78, 5) is 28.9. The van der Waals surface area contributed by atoms with Gasteiger partial charge in [0.05, 0.1) is 18.1 Å². The minimum Gasteiger partial charge on any atom is -0.395 e. The van der Waals surface area contributed by atoms with Crippen LogP contribution in [0.1, 0.15) is 63.1 Å². The first-order chi connectivity index (χ1) is 21.5. The number of hydrogen-bond donors (Lipinski definition) is 4. The summed E-state index contributed by atoms with van der Waals surface area (Å²) in [5.41, 5.74) is 7.24. The molecule has 3 atom stereocenters. The third-order valence-corrected chi connectivity index (χ3v) is 7.94. The number of hydrogen-bond acceptors (Lipinski definition) is 5. The highest BCUT2D eigenvalue weighted by molar-refractivity contribution is 5.96. The molecule has 2 aromatic carbocycles. The van der Waals surface area contributed by atoms with Gasteiger partial charge in [0.2, 0.25) is 11.8 Å². The Morgan fingerprint density at radius 1 is 1.09 bits per heavy atom. The van der Waals surface area contributed by atoms with Gasteiger partial charge in [-0.05, 0) is 68.0 Å². The van der Waals surface area contributed by atoms with Crippen molar-refractivity contribution in [1.82, 2.24) is 10.2 Å². The number of allylic oxidation sites excluding steroid dienone is 2. The van der Waals surface area contributed by atoms with E-state index in [2.05, 4.69) is 17.2 Å². The van der Waals surface area contributed by atoms with Crippen LogP contribution in [0.5, 0.6) is 0 Å². The SMILES string of the molecule is CCCN(CCC)C(=O)C1([C@H](Cc2cc(F)cc(F)c2)[C@@H](O)CNCc2cccc(C#CCCO)c2)C=C(C)C=C(C(N)=O)C1. The van der Waals surface area contributed by atoms with Gasteiger partial charge < -0.3 is 26.2 Å². The Hall–Kier alpha value is -3.84. The van der Waals surface area contributed by atoms with Crippen molar-refractivity contribution in [3.05, 3.63) is 94.1 Å². The number of halogens is 2. The predicted molar refractivity (Wildman–Crippen MR) is 172 cm³/mol. The van der Waals surface area contributed by atoms with E-state index in [0.717, 1.165) is 17.2 Å². The van der Waals surface area contributed by atoms with E-state index in [-0.39, 0.29) is 43.0 Å². The zero-order chi connectivity index (χ0) is 33.0. The van der Waals surface area contributed by atoms with Gasteiger partial charge in [-0.15, -0.1) is 0 Å². The highest BCUT2D eigenvalue weighted by Gasteiger charge is 2.50. The molecule has 0 spiro atoms. The molecular weight excluding hydrogens is 576 g/mol. The summed E-state index contributed by atoms with van der Waals surface area (Å²) < 4.78 is 28.7. The molecule has 0 aliphatic heterocycles. The Morgan fingerprint density at radius 2 is 1.78 bits per heavy atom. The van der Waals surface area contributed by atoms with Crippen molar-refractivity contribution in [1.29, 1.82) is 0 Å². The van der Waals surface area contributed by atoms with Crippen molar-refractivity contribution in [2.75, 3.05) is 26.2 Å². The van der Waals surface area contributed by atoms with E-state index in [0.29, 0.717) is 44.5 Å². The van der Waals surface area contributed by atoms with Gasteiger partial charge in [0.15, 0.2) is 0 Å². The molecular formula is C36H45F2N3O4. The maximum Gasteiger partial charge on any atom is 0.244 e. The van der Waals surface area contributed by atoms with Gasteiger partial charge in [-0.1, -0.05) is 55.5 Å². The van der Waals surface area contributed by atoms with Crippen LogP contribution in [0.4, 0.5) is 8.78 Å². The van der Waals surface area contributed by atoms with Crippen LogP contribution in [0.25, 0.3) is 0 Å². The normalized spacial score (nSPS) is 17.4. The molecule has 0 saturated carbocycles. The number of carbonyl (C=O) groups excluding carboxylic acids is 2. The van der Waals surface area contributed by atoms with E-state index in [1.807, 2.05) is 38.1 Å². The van der Waals surface area contributed by atoms with Crippen molar-refractivity contribution in [2.24, 2.45) is 17.1 Å². The molecule has 9 heteroatoms. The zero-order valence-corrected chi connectivity index (χ0v) is 26.4. The van der Waals surface area contributed by atoms with Gasteiger partial charge >= 0.3 is 0 Å². The third-order valence-electron chi connectivity index (χ3n) is 7.94. The zero-order valence-electron chi connectivity index (χ0n) is 26.4. The van der Waals surface area contributed by atoms with Crippen LogP contribution in [-0.2, 0) is 22.6 Å². The number of primary amides is 1. The molecule has 242 valence electrons. The average molecular weight is 622 g/mol. The Labute approximate surface area is 265 Å². The van der Waals surface area contributed by atoms with Crippen LogP contribution < -0.4 is 11.1 Å². The smallest absolute Gasteiger partial charge is 0.244 e. The molecule has 1 unspecified atom stereocenters. The fraction of sp³-hybridized carbons (Fsp3) is 0.444. The van der Waals surface area contributed by atoms with Crippen molar-refractivity contribution in [3.63, 3.8) is 0 Å². The van der Waals surface area contributed by atoms with Crippen LogP contribution in [0, 0.1) is 34.8 Å². The van der Waals surface area contributed by atoms with Gasteiger partial charge in [-0.25, -0.2) is 8.78 Å². The lowest BCUT2D eigenvalue weighted by Gasteiger charge is -2.45. The standard InChI is InChI=1S/C36H45F2N3O4/c1-4-12-41(13-5-2)35(45)36(21-25(3)15-29(22-36)34(39)44)32(19-28-17-30(37)20-31(38)18-28)33(43)24-40-23-27-11-8-10-26(16-27)9-6-7-14-42/h8,10-11,15-18,20-21,32-33,40,42-43H,4-5,7,12-14,19,22-24H2,1-3H3,(H2,39,44)/t32-,33+,36?/m1/s1. The predicted octanol–water partition coefficient (Wildman–Crippen LogP) is 4.40. The van der Waals surface area contributed by atoms with Crippen LogP contribution in [-0.4, -0.2) is 59.3 Å². The highest BCUT2D eigenvalue weighted by atomic mass is 19.1. The Balaban J connectivity index is 2.03. The maximum absolute atomic E-state index is 14.6. The van der Waals surface area contributed by atoms with Gasteiger partial charge in [-0.3, -0.25) is 9.59 Å². The highest BCUT2D eigenvalue weighted by Crippen LogP contribution is 2.45. The largest absolute Gasteiger partial charge is 0.395 e. The quantitative estimate of drug-likeness (QED) is 0.220. The lowest BCUT2D eigenvalue weighted by atomic mass is 9.63. The molecule has 0 bridgehead atoms. The number of nitrogens with one attached hydrogen (secondary N) is 1. The molecule has 2 aromatic rings. The molecule has 0 radical (unpaired) electrons. The second-order valence-corrected chi connectivity index (χ2v) is 11.7. The van der Waals surface area contributed by atoms with E-state index in [9.17, 15) is 23.5 Å². The number of nitrogens with two attached hydrogens (primary N) is 1. The molecule has 0 heterocycles. The van der Waals surface area contributed by atoms with Gasteiger partial charge in [0.25, 0.3) is 0 Å². The van der Waals surface area contributed by atoms with E-state index in [4.69, 9.17) is 10.8 Å². The molecule has 1 aliphatic rings. The maximum atomic E-state index is 14.6. The lowest BCUT2D eigenvalue weighted by Crippen LogP contribution is -2.54. The van der Waals surface area contributed by atoms with Crippen molar-refractivity contribution in [3.8, 4) is 11.8 Å². The molecule has 3 rings (SSSR count). The summed E-state index contributed by atoms with van der Waals surface area (Å²) in [6.45, 7) is 7.09. The van der Waals surface area contributed by atoms with E-state index >= 15 is 0 Å². The molecule has 2 amide bonds. The first-order valence-electron chi connectivity index (χ1n) is 15.5. The summed E-state index contributed by atoms with van der Waals surface area (Å²) in [6.07, 6.45) is 4.00. The summed E-state index contributed by atoms with van der Waals surface area (Å²) in [6, 6.07) is 10.8. The molecule has 0 saturated heterocycles. The number of amides is 2. The number of carbonyl (C=O) groups is 2. The van der Waals surface area contributed by atoms with Gasteiger partial charge in [-0.2, -0.15) is 0 Å². The lowest BCUT2D eigenvalue weighted by molar-refractivity contribution is -0.145. The fourth-order valence-corrected chi connectivity index (χ4v) is 6.11. The van der Waals surface area contributed by atoms with Crippen molar-refractivity contribution >= 4 is 11.8 Å². The minimum absolute atomic E-state index is 0.0142. The monoisotopic (exact) mass is 621 g/mol. The number of benzene rings is 2. The van der Waals surface area contributed by atoms with E-state index in [1.54, 1.807) is 24.0 Å². The second-order valence-electron chi connectivity index (χ2n) is 11.7. The molecule has 0 fully saturated rings. The van der Waals surface area contributed by atoms with Gasteiger partial charge in [0.1, 0.15) is 11.6 Å². The molecule has 1 aliphatic carbocycles. The van der Waals surface area contributed by atoms with Crippen LogP contribution in [0.2, 0.25) is 0 Å². The Bertz CT molecular complexity index is 1440. The molecule has 0 aromatic heterocycles. The Morgan fingerprint density at radius 3 is 2.40 bits per heavy atom. The Kier molecular flexibility index (Phi) is 13.5. The van der Waals surface area contributed by atoms with Crippen LogP contribution in [0.15, 0.2) is 65.8 Å². The number of aliphatic hydroxyl groups is 2. The van der Waals surface area contributed by atoms with Gasteiger partial charge in [0, 0.05) is 55.7 Å². The molecule has 45 heavy (non-hydrogen) atoms. The van der Waals surface area contributed by atoms with Crippen molar-refractivity contribution < 1.29 is 28.6 Å². The first-order valence-corrected chi connectivity index (χ1v) is 15.5. The third kappa shape index (κ3) is 9.82. The molecule has 5 N–H and O–H groups in total. The number of rotatable bonds is 15. The van der Waals surface area contributed by atoms with Crippen molar-refractivity contribution in [2.45, 2.75) is 65.5 Å². The first kappa shape index (κ1) is 35.6. The van der Waals surface area contributed by atoms with Crippen LogP contribution in [0.3, 0.4) is 0 Å². The summed E-state index contributed by atoms with van der Waals surface area (Å²) >= 11 is 0. The summed E-state index contributed by atoms with van der Waals surface area (Å²) in [7, 11) is 0. The summed E-state index contributed by atoms with van der Waals surface area (Å²) in [5, 5.41) is 24.1. The topological polar surface area (TPSA) is 116 Å². The number of nitrogens with zero attached hydrogens (tertiary/aromatic N) is 1. The second kappa shape index (κ2) is 17.0. The summed E-state index contributed by atoms with van der Waals surface area (Å²) in [5.74, 6) is 2.60. The fourth-order valence-electron chi connectivity index (χ4n) is 6.11. The molecule has 7 nitrogen and oxygen atoms in total. The minimum atomic E-state index is -1.40. The average Bonchev–Trinajstić information content (AvgIpc) is 2.99. The van der Waals surface area contributed by atoms with Crippen LogP contribution >= 0.6 is 0 Å². The van der Waals surface area contributed by atoms with E-state index in [1.165, 1.54) is 12.1 Å².